The Morgan fingerprint density at radius 1 is 1.45 bits per heavy atom. The predicted octanol–water partition coefficient (Wildman–Crippen LogP) is 4.56. The number of halogens is 4. The monoisotopic (exact) mass is 353 g/mol. The lowest BCUT2D eigenvalue weighted by atomic mass is 9.91. The summed E-state index contributed by atoms with van der Waals surface area (Å²) in [6, 6.07) is 2.88. The molecule has 8 heteroatoms. The highest BCUT2D eigenvalue weighted by molar-refractivity contribution is 9.10. The number of nitro groups is 1. The first-order chi connectivity index (χ1) is 9.19. The van der Waals surface area contributed by atoms with E-state index >= 15 is 0 Å². The molecule has 1 aromatic rings. The molecule has 0 saturated carbocycles. The van der Waals surface area contributed by atoms with Crippen LogP contribution in [0.4, 0.5) is 18.9 Å². The van der Waals surface area contributed by atoms with Gasteiger partial charge in [-0.3, -0.25) is 10.1 Å². The maximum atomic E-state index is 12.3. The fourth-order valence-electron chi connectivity index (χ4n) is 2.37. The molecule has 1 heterocycles. The van der Waals surface area contributed by atoms with Crippen molar-refractivity contribution in [2.45, 2.75) is 38.0 Å². The fraction of sp³-hybridized carbons (Fsp3) is 0.500. The van der Waals surface area contributed by atoms with Gasteiger partial charge in [0.25, 0.3) is 0 Å². The molecule has 0 fully saturated rings. The number of nitro benzene ring substituents is 1. The molecule has 4 nitrogen and oxygen atoms in total. The second kappa shape index (κ2) is 5.23. The SMILES string of the molecule is C[C@H]1Oc2c(cc(Br)cc2[N+](=O)[O-])[C@@H]1CCC(F)(F)F. The summed E-state index contributed by atoms with van der Waals surface area (Å²) in [6.07, 6.45) is -5.85. The largest absolute Gasteiger partial charge is 0.483 e. The van der Waals surface area contributed by atoms with Crippen LogP contribution in [0.15, 0.2) is 16.6 Å². The summed E-state index contributed by atoms with van der Waals surface area (Å²) in [5.74, 6) is -0.416. The zero-order valence-corrected chi connectivity index (χ0v) is 12.0. The summed E-state index contributed by atoms with van der Waals surface area (Å²) in [7, 11) is 0. The van der Waals surface area contributed by atoms with E-state index in [-0.39, 0.29) is 17.9 Å². The highest BCUT2D eigenvalue weighted by atomic mass is 79.9. The molecule has 20 heavy (non-hydrogen) atoms. The average molecular weight is 354 g/mol. The number of alkyl halides is 3. The molecule has 0 amide bonds. The molecule has 1 aromatic carbocycles. The van der Waals surface area contributed by atoms with Gasteiger partial charge in [0.05, 0.1) is 4.92 Å². The van der Waals surface area contributed by atoms with Crippen molar-refractivity contribution in [1.29, 1.82) is 0 Å². The Kier molecular flexibility index (Phi) is 3.95. The number of nitrogens with zero attached hydrogens (tertiary/aromatic N) is 1. The Morgan fingerprint density at radius 3 is 2.65 bits per heavy atom. The smallest absolute Gasteiger partial charge is 0.389 e. The van der Waals surface area contributed by atoms with E-state index in [1.54, 1.807) is 13.0 Å². The highest BCUT2D eigenvalue weighted by Gasteiger charge is 2.39. The van der Waals surface area contributed by atoms with E-state index in [1.807, 2.05) is 0 Å². The second-order valence-corrected chi connectivity index (χ2v) is 5.60. The van der Waals surface area contributed by atoms with Crippen LogP contribution in [0.5, 0.6) is 5.75 Å². The van der Waals surface area contributed by atoms with Crippen LogP contribution in [0.2, 0.25) is 0 Å². The van der Waals surface area contributed by atoms with Gasteiger partial charge in [0, 0.05) is 28.4 Å². The maximum absolute atomic E-state index is 12.3. The molecule has 110 valence electrons. The van der Waals surface area contributed by atoms with Crippen LogP contribution in [-0.4, -0.2) is 17.2 Å². The topological polar surface area (TPSA) is 52.4 Å². The van der Waals surface area contributed by atoms with Crippen molar-refractivity contribution in [1.82, 2.24) is 0 Å². The van der Waals surface area contributed by atoms with Crippen molar-refractivity contribution in [3.8, 4) is 5.75 Å². The van der Waals surface area contributed by atoms with E-state index in [1.165, 1.54) is 6.07 Å². The lowest BCUT2D eigenvalue weighted by Crippen LogP contribution is -2.17. The standard InChI is InChI=1S/C12H11BrF3NO3/c1-6-8(2-3-12(14,15)16)9-4-7(13)5-10(17(18)19)11(9)20-6/h4-6,8H,2-3H2,1H3/t6-,8-/m1/s1. The van der Waals surface area contributed by atoms with E-state index in [0.29, 0.717) is 10.0 Å². The third kappa shape index (κ3) is 3.05. The number of rotatable bonds is 3. The molecule has 2 atom stereocenters. The van der Waals surface area contributed by atoms with E-state index < -0.39 is 29.5 Å². The van der Waals surface area contributed by atoms with E-state index in [4.69, 9.17) is 4.74 Å². The molecule has 1 aliphatic heterocycles. The molecule has 1 aliphatic rings. The minimum absolute atomic E-state index is 0.0814. The minimum atomic E-state index is -4.25. The molecule has 0 saturated heterocycles. The average Bonchev–Trinajstić information content (AvgIpc) is 2.60. The van der Waals surface area contributed by atoms with Gasteiger partial charge in [0.2, 0.25) is 5.75 Å². The molecule has 0 N–H and O–H groups in total. The molecule has 0 aromatic heterocycles. The summed E-state index contributed by atoms with van der Waals surface area (Å²) in [5, 5.41) is 11.0. The number of fused-ring (bicyclic) bond motifs is 1. The zero-order chi connectivity index (χ0) is 15.1. The van der Waals surface area contributed by atoms with Crippen molar-refractivity contribution in [3.05, 3.63) is 32.3 Å². The maximum Gasteiger partial charge on any atom is 0.389 e. The molecular weight excluding hydrogens is 343 g/mol. The van der Waals surface area contributed by atoms with Crippen molar-refractivity contribution >= 4 is 21.6 Å². The van der Waals surface area contributed by atoms with Gasteiger partial charge in [-0.25, -0.2) is 0 Å². The minimum Gasteiger partial charge on any atom is -0.483 e. The molecule has 0 spiro atoms. The predicted molar refractivity (Wildman–Crippen MR) is 68.9 cm³/mol. The van der Waals surface area contributed by atoms with Crippen LogP contribution in [0.1, 0.15) is 31.2 Å². The van der Waals surface area contributed by atoms with Crippen LogP contribution >= 0.6 is 15.9 Å². The molecule has 0 bridgehead atoms. The third-order valence-corrected chi connectivity index (χ3v) is 3.73. The summed E-state index contributed by atoms with van der Waals surface area (Å²) >= 11 is 3.14. The Morgan fingerprint density at radius 2 is 2.10 bits per heavy atom. The van der Waals surface area contributed by atoms with Crippen molar-refractivity contribution in [2.75, 3.05) is 0 Å². The molecule has 2 rings (SSSR count). The van der Waals surface area contributed by atoms with Gasteiger partial charge in [-0.05, 0) is 19.4 Å². The van der Waals surface area contributed by atoms with Crippen LogP contribution in [-0.2, 0) is 0 Å². The van der Waals surface area contributed by atoms with Crippen molar-refractivity contribution in [3.63, 3.8) is 0 Å². The quantitative estimate of drug-likeness (QED) is 0.591. The van der Waals surface area contributed by atoms with Gasteiger partial charge in [-0.15, -0.1) is 0 Å². The first-order valence-electron chi connectivity index (χ1n) is 5.90. The van der Waals surface area contributed by atoms with E-state index in [0.717, 1.165) is 0 Å². The molecule has 0 unspecified atom stereocenters. The number of benzene rings is 1. The summed E-state index contributed by atoms with van der Waals surface area (Å²) in [5.41, 5.74) is 0.235. The van der Waals surface area contributed by atoms with Crippen molar-refractivity contribution < 1.29 is 22.8 Å². The van der Waals surface area contributed by atoms with Crippen LogP contribution in [0, 0.1) is 10.1 Å². The summed E-state index contributed by atoms with van der Waals surface area (Å²) in [4.78, 5) is 10.4. The Hall–Kier alpha value is -1.31. The first kappa shape index (κ1) is 15.1. The first-order valence-corrected chi connectivity index (χ1v) is 6.69. The van der Waals surface area contributed by atoms with Crippen LogP contribution in [0.3, 0.4) is 0 Å². The van der Waals surface area contributed by atoms with Gasteiger partial charge in [-0.1, -0.05) is 15.9 Å². The lowest BCUT2D eigenvalue weighted by molar-refractivity contribution is -0.385. The molecule has 0 aliphatic carbocycles. The number of ether oxygens (including phenoxy) is 1. The summed E-state index contributed by atoms with van der Waals surface area (Å²) in [6.45, 7) is 1.62. The Labute approximate surface area is 121 Å². The van der Waals surface area contributed by atoms with Gasteiger partial charge in [0.15, 0.2) is 0 Å². The molecular formula is C12H11BrF3NO3. The summed E-state index contributed by atoms with van der Waals surface area (Å²) < 4.78 is 42.9. The highest BCUT2D eigenvalue weighted by Crippen LogP contribution is 2.48. The van der Waals surface area contributed by atoms with Gasteiger partial charge >= 0.3 is 11.9 Å². The van der Waals surface area contributed by atoms with Crippen LogP contribution in [0.25, 0.3) is 0 Å². The Balaban J connectivity index is 2.35. The van der Waals surface area contributed by atoms with E-state index in [9.17, 15) is 23.3 Å². The fourth-order valence-corrected chi connectivity index (χ4v) is 2.83. The lowest BCUT2D eigenvalue weighted by Gasteiger charge is -2.15. The van der Waals surface area contributed by atoms with Crippen LogP contribution < -0.4 is 4.74 Å². The third-order valence-electron chi connectivity index (χ3n) is 3.27. The zero-order valence-electron chi connectivity index (χ0n) is 10.4. The van der Waals surface area contributed by atoms with Crippen molar-refractivity contribution in [2.24, 2.45) is 0 Å². The number of hydrogen-bond acceptors (Lipinski definition) is 3. The molecule has 0 radical (unpaired) electrons. The van der Waals surface area contributed by atoms with Gasteiger partial charge in [-0.2, -0.15) is 13.2 Å². The Bertz CT molecular complexity index is 547. The number of hydrogen-bond donors (Lipinski definition) is 0. The second-order valence-electron chi connectivity index (χ2n) is 4.68. The normalized spacial score (nSPS) is 21.4. The van der Waals surface area contributed by atoms with Gasteiger partial charge < -0.3 is 4.74 Å². The van der Waals surface area contributed by atoms with Gasteiger partial charge in [0.1, 0.15) is 6.10 Å². The van der Waals surface area contributed by atoms with E-state index in [2.05, 4.69) is 15.9 Å².